The molecule has 4 rings (SSSR count). The molecule has 1 amide bonds. The van der Waals surface area contributed by atoms with Gasteiger partial charge in [0.15, 0.2) is 0 Å². The highest BCUT2D eigenvalue weighted by Gasteiger charge is 2.17. The van der Waals surface area contributed by atoms with Gasteiger partial charge in [-0.15, -0.1) is 10.2 Å². The van der Waals surface area contributed by atoms with Gasteiger partial charge in [-0.3, -0.25) is 4.79 Å². The molecule has 1 saturated heterocycles. The molecule has 1 aromatic heterocycles. The number of carbonyl (C=O) groups is 1. The van der Waals surface area contributed by atoms with Crippen molar-refractivity contribution in [3.05, 3.63) is 54.4 Å². The highest BCUT2D eigenvalue weighted by molar-refractivity contribution is 6.01. The fourth-order valence-electron chi connectivity index (χ4n) is 3.28. The Kier molecular flexibility index (Phi) is 5.23. The molecule has 0 atom stereocenters. The largest absolute Gasteiger partial charge is 0.497 e. The van der Waals surface area contributed by atoms with Crippen LogP contribution in [0.25, 0.3) is 11.5 Å². The van der Waals surface area contributed by atoms with Crippen molar-refractivity contribution in [3.8, 4) is 17.2 Å². The summed E-state index contributed by atoms with van der Waals surface area (Å²) < 4.78 is 10.7. The number of anilines is 2. The van der Waals surface area contributed by atoms with Crippen molar-refractivity contribution in [2.45, 2.75) is 19.3 Å². The smallest absolute Gasteiger partial charge is 0.313 e. The summed E-state index contributed by atoms with van der Waals surface area (Å²) in [5.74, 6) is 0.422. The summed E-state index contributed by atoms with van der Waals surface area (Å²) in [6.07, 6.45) is 3.75. The molecule has 0 radical (unpaired) electrons. The zero-order valence-electron chi connectivity index (χ0n) is 15.7. The van der Waals surface area contributed by atoms with Crippen LogP contribution in [0.1, 0.15) is 29.9 Å². The van der Waals surface area contributed by atoms with Crippen molar-refractivity contribution in [1.82, 2.24) is 10.2 Å². The SMILES string of the molecule is COc1cccc(-c2nnc(C(=O)Nc3ccc(N4CCCCC4)cc3)o2)c1. The summed E-state index contributed by atoms with van der Waals surface area (Å²) in [4.78, 5) is 14.8. The number of ether oxygens (including phenoxy) is 1. The second-order valence-electron chi connectivity index (χ2n) is 6.69. The van der Waals surface area contributed by atoms with Crippen LogP contribution in [0.15, 0.2) is 52.9 Å². The molecule has 1 aliphatic heterocycles. The summed E-state index contributed by atoms with van der Waals surface area (Å²) in [6, 6.07) is 15.1. The van der Waals surface area contributed by atoms with Gasteiger partial charge in [-0.25, -0.2) is 0 Å². The maximum atomic E-state index is 12.4. The molecule has 0 bridgehead atoms. The van der Waals surface area contributed by atoms with E-state index >= 15 is 0 Å². The van der Waals surface area contributed by atoms with Crippen LogP contribution in [0.5, 0.6) is 5.75 Å². The Bertz CT molecular complexity index is 946. The van der Waals surface area contributed by atoms with E-state index in [9.17, 15) is 4.79 Å². The highest BCUT2D eigenvalue weighted by atomic mass is 16.5. The molecule has 1 fully saturated rings. The average Bonchev–Trinajstić information content (AvgIpc) is 3.25. The number of benzene rings is 2. The Morgan fingerprint density at radius 1 is 1.07 bits per heavy atom. The van der Waals surface area contributed by atoms with Gasteiger partial charge in [-0.1, -0.05) is 6.07 Å². The molecule has 7 nitrogen and oxygen atoms in total. The van der Waals surface area contributed by atoms with E-state index in [1.807, 2.05) is 42.5 Å². The zero-order valence-corrected chi connectivity index (χ0v) is 15.7. The van der Waals surface area contributed by atoms with Gasteiger partial charge in [0.1, 0.15) is 5.75 Å². The minimum atomic E-state index is -0.438. The molecule has 28 heavy (non-hydrogen) atoms. The molecule has 2 aromatic carbocycles. The molecule has 7 heteroatoms. The number of aromatic nitrogens is 2. The predicted molar refractivity (Wildman–Crippen MR) is 107 cm³/mol. The zero-order chi connectivity index (χ0) is 19.3. The van der Waals surface area contributed by atoms with Crippen LogP contribution in [-0.2, 0) is 0 Å². The van der Waals surface area contributed by atoms with Crippen LogP contribution in [0.4, 0.5) is 11.4 Å². The molecule has 144 valence electrons. The highest BCUT2D eigenvalue weighted by Crippen LogP contribution is 2.24. The number of rotatable bonds is 5. The van der Waals surface area contributed by atoms with E-state index in [-0.39, 0.29) is 11.8 Å². The Morgan fingerprint density at radius 3 is 2.61 bits per heavy atom. The van der Waals surface area contributed by atoms with Crippen LogP contribution < -0.4 is 15.0 Å². The third-order valence-electron chi connectivity index (χ3n) is 4.78. The van der Waals surface area contributed by atoms with Crippen molar-refractivity contribution in [2.75, 3.05) is 30.4 Å². The van der Waals surface area contributed by atoms with Gasteiger partial charge in [0.25, 0.3) is 0 Å². The maximum absolute atomic E-state index is 12.4. The molecule has 2 heterocycles. The summed E-state index contributed by atoms with van der Waals surface area (Å²) in [6.45, 7) is 2.17. The second kappa shape index (κ2) is 8.12. The quantitative estimate of drug-likeness (QED) is 0.723. The van der Waals surface area contributed by atoms with E-state index in [1.165, 1.54) is 24.9 Å². The predicted octanol–water partition coefficient (Wildman–Crippen LogP) is 3.99. The van der Waals surface area contributed by atoms with Crippen LogP contribution in [-0.4, -0.2) is 36.3 Å². The lowest BCUT2D eigenvalue weighted by Gasteiger charge is -2.28. The van der Waals surface area contributed by atoms with Gasteiger partial charge in [0, 0.05) is 30.0 Å². The molecule has 1 aliphatic rings. The van der Waals surface area contributed by atoms with Gasteiger partial charge < -0.3 is 19.4 Å². The van der Waals surface area contributed by atoms with Crippen LogP contribution >= 0.6 is 0 Å². The van der Waals surface area contributed by atoms with E-state index in [2.05, 4.69) is 20.4 Å². The molecular formula is C21H22N4O3. The van der Waals surface area contributed by atoms with E-state index in [4.69, 9.17) is 9.15 Å². The third kappa shape index (κ3) is 3.98. The Balaban J connectivity index is 1.43. The van der Waals surface area contributed by atoms with Crippen molar-refractivity contribution in [3.63, 3.8) is 0 Å². The second-order valence-corrected chi connectivity index (χ2v) is 6.69. The Morgan fingerprint density at radius 2 is 1.86 bits per heavy atom. The number of hydrogen-bond acceptors (Lipinski definition) is 6. The van der Waals surface area contributed by atoms with Crippen LogP contribution in [0, 0.1) is 0 Å². The Hall–Kier alpha value is -3.35. The third-order valence-corrected chi connectivity index (χ3v) is 4.78. The number of piperidine rings is 1. The van der Waals surface area contributed by atoms with Gasteiger partial charge >= 0.3 is 11.8 Å². The summed E-state index contributed by atoms with van der Waals surface area (Å²) >= 11 is 0. The first-order valence-electron chi connectivity index (χ1n) is 9.37. The molecular weight excluding hydrogens is 356 g/mol. The summed E-state index contributed by atoms with van der Waals surface area (Å²) in [5, 5.41) is 10.6. The van der Waals surface area contributed by atoms with Crippen molar-refractivity contribution in [2.24, 2.45) is 0 Å². The maximum Gasteiger partial charge on any atom is 0.313 e. The molecule has 1 N–H and O–H groups in total. The number of methoxy groups -OCH3 is 1. The monoisotopic (exact) mass is 378 g/mol. The normalized spacial score (nSPS) is 14.0. The number of nitrogens with zero attached hydrogens (tertiary/aromatic N) is 3. The van der Waals surface area contributed by atoms with E-state index in [0.29, 0.717) is 17.0 Å². The van der Waals surface area contributed by atoms with Crippen molar-refractivity contribution < 1.29 is 13.9 Å². The van der Waals surface area contributed by atoms with Crippen molar-refractivity contribution in [1.29, 1.82) is 0 Å². The first-order chi connectivity index (χ1) is 13.7. The lowest BCUT2D eigenvalue weighted by Crippen LogP contribution is -2.29. The number of hydrogen-bond donors (Lipinski definition) is 1. The first kappa shape index (κ1) is 18.0. The molecule has 0 aliphatic carbocycles. The molecule has 0 spiro atoms. The standard InChI is InChI=1S/C21H22N4O3/c1-27-18-7-5-6-15(14-18)20-23-24-21(28-20)19(26)22-16-8-10-17(11-9-16)25-12-3-2-4-13-25/h5-11,14H,2-4,12-13H2,1H3,(H,22,26). The summed E-state index contributed by atoms with van der Waals surface area (Å²) in [5.41, 5.74) is 2.56. The topological polar surface area (TPSA) is 80.5 Å². The summed E-state index contributed by atoms with van der Waals surface area (Å²) in [7, 11) is 1.59. The average molecular weight is 378 g/mol. The lowest BCUT2D eigenvalue weighted by molar-refractivity contribution is 0.0991. The molecule has 3 aromatic rings. The van der Waals surface area contributed by atoms with E-state index < -0.39 is 5.91 Å². The van der Waals surface area contributed by atoms with Gasteiger partial charge in [-0.2, -0.15) is 0 Å². The van der Waals surface area contributed by atoms with Gasteiger partial charge in [-0.05, 0) is 61.7 Å². The van der Waals surface area contributed by atoms with Crippen LogP contribution in [0.3, 0.4) is 0 Å². The van der Waals surface area contributed by atoms with Crippen LogP contribution in [0.2, 0.25) is 0 Å². The number of carbonyl (C=O) groups excluding carboxylic acids is 1. The van der Waals surface area contributed by atoms with E-state index in [1.54, 1.807) is 13.2 Å². The Labute approximate surface area is 163 Å². The minimum absolute atomic E-state index is 0.0853. The van der Waals surface area contributed by atoms with Gasteiger partial charge in [0.05, 0.1) is 7.11 Å². The number of nitrogens with one attached hydrogen (secondary N) is 1. The number of amides is 1. The first-order valence-corrected chi connectivity index (χ1v) is 9.37. The molecule has 0 saturated carbocycles. The van der Waals surface area contributed by atoms with E-state index in [0.717, 1.165) is 13.1 Å². The molecule has 0 unspecified atom stereocenters. The lowest BCUT2D eigenvalue weighted by atomic mass is 10.1. The fourth-order valence-corrected chi connectivity index (χ4v) is 3.28. The minimum Gasteiger partial charge on any atom is -0.497 e. The fraction of sp³-hybridized carbons (Fsp3) is 0.286. The van der Waals surface area contributed by atoms with Crippen molar-refractivity contribution >= 4 is 17.3 Å². The van der Waals surface area contributed by atoms with Gasteiger partial charge in [0.2, 0.25) is 5.89 Å².